The van der Waals surface area contributed by atoms with Crippen molar-refractivity contribution >= 4 is 0 Å². The molecule has 2 unspecified atom stereocenters. The third kappa shape index (κ3) is 2.42. The molecule has 5 nitrogen and oxygen atoms in total. The van der Waals surface area contributed by atoms with Gasteiger partial charge in [-0.1, -0.05) is 0 Å². The normalized spacial score (nSPS) is 35.4. The molecular weight excluding hydrogens is 242 g/mol. The van der Waals surface area contributed by atoms with Gasteiger partial charge in [0.15, 0.2) is 0 Å². The van der Waals surface area contributed by atoms with E-state index in [1.165, 1.54) is 0 Å². The first-order valence-corrected chi connectivity index (χ1v) is 6.99. The van der Waals surface area contributed by atoms with Crippen LogP contribution in [0.25, 0.3) is 0 Å². The Bertz CT molecular complexity index is 452. The van der Waals surface area contributed by atoms with Crippen LogP contribution in [0.15, 0.2) is 12.4 Å². The fourth-order valence-corrected chi connectivity index (χ4v) is 3.08. The number of hydrogen-bond acceptors (Lipinski definition) is 4. The van der Waals surface area contributed by atoms with Crippen molar-refractivity contribution in [3.8, 4) is 0 Å². The van der Waals surface area contributed by atoms with Crippen molar-refractivity contribution in [1.82, 2.24) is 15.1 Å². The maximum Gasteiger partial charge on any atom is 0.0958 e. The summed E-state index contributed by atoms with van der Waals surface area (Å²) < 4.78 is 7.46. The van der Waals surface area contributed by atoms with E-state index in [1.807, 2.05) is 17.1 Å². The van der Waals surface area contributed by atoms with Crippen LogP contribution in [0.3, 0.4) is 0 Å². The molecule has 19 heavy (non-hydrogen) atoms. The van der Waals surface area contributed by atoms with Gasteiger partial charge >= 0.3 is 0 Å². The molecule has 0 aliphatic carbocycles. The molecule has 2 bridgehead atoms. The Morgan fingerprint density at radius 2 is 2.00 bits per heavy atom. The lowest BCUT2D eigenvalue weighted by atomic mass is 9.79. The van der Waals surface area contributed by atoms with Crippen molar-refractivity contribution in [2.75, 3.05) is 13.2 Å². The Kier molecular flexibility index (Phi) is 2.96. The zero-order valence-corrected chi connectivity index (χ0v) is 11.9. The summed E-state index contributed by atoms with van der Waals surface area (Å²) in [6.07, 6.45) is 5.19. The third-order valence-electron chi connectivity index (χ3n) is 4.08. The van der Waals surface area contributed by atoms with Crippen LogP contribution < -0.4 is 5.32 Å². The number of nitrogens with zero attached hydrogens (tertiary/aromatic N) is 2. The van der Waals surface area contributed by atoms with E-state index in [0.29, 0.717) is 26.1 Å². The lowest BCUT2D eigenvalue weighted by Gasteiger charge is -2.44. The molecule has 1 aromatic heterocycles. The van der Waals surface area contributed by atoms with E-state index in [1.54, 1.807) is 0 Å². The first-order chi connectivity index (χ1) is 8.87. The summed E-state index contributed by atoms with van der Waals surface area (Å²) in [4.78, 5) is 0. The Hall–Kier alpha value is -0.910. The molecule has 2 aliphatic heterocycles. The molecule has 0 radical (unpaired) electrons. The first kappa shape index (κ1) is 13.1. The highest BCUT2D eigenvalue weighted by Gasteiger charge is 2.43. The van der Waals surface area contributed by atoms with E-state index in [4.69, 9.17) is 4.74 Å². The average Bonchev–Trinajstić information content (AvgIpc) is 2.77. The first-order valence-electron chi connectivity index (χ1n) is 6.99. The van der Waals surface area contributed by atoms with Crippen LogP contribution in [-0.2, 0) is 15.9 Å². The highest BCUT2D eigenvalue weighted by Crippen LogP contribution is 2.36. The number of aromatic nitrogens is 2. The highest BCUT2D eigenvalue weighted by atomic mass is 16.5. The van der Waals surface area contributed by atoms with Crippen molar-refractivity contribution in [1.29, 1.82) is 0 Å². The predicted octanol–water partition coefficient (Wildman–Crippen LogP) is 0.976. The van der Waals surface area contributed by atoms with Crippen molar-refractivity contribution in [2.24, 2.45) is 0 Å². The summed E-state index contributed by atoms with van der Waals surface area (Å²) in [5.74, 6) is 0. The second-order valence-corrected chi connectivity index (χ2v) is 6.88. The molecule has 0 aromatic carbocycles. The van der Waals surface area contributed by atoms with Gasteiger partial charge in [-0.25, -0.2) is 0 Å². The highest BCUT2D eigenvalue weighted by molar-refractivity contribution is 5.19. The SMILES string of the molecule is CC(C)(C)n1cc(C2(O)CC3COCC(C2)N3)cn1. The second kappa shape index (κ2) is 4.30. The van der Waals surface area contributed by atoms with Crippen LogP contribution in [0.1, 0.15) is 39.2 Å². The Balaban J connectivity index is 1.86. The van der Waals surface area contributed by atoms with Crippen LogP contribution in [0.2, 0.25) is 0 Å². The minimum absolute atomic E-state index is 0.0551. The summed E-state index contributed by atoms with van der Waals surface area (Å²) in [5.41, 5.74) is 0.106. The van der Waals surface area contributed by atoms with E-state index in [0.717, 1.165) is 5.56 Å². The van der Waals surface area contributed by atoms with E-state index >= 15 is 0 Å². The molecule has 2 saturated heterocycles. The van der Waals surface area contributed by atoms with Crippen molar-refractivity contribution in [3.63, 3.8) is 0 Å². The molecule has 2 aliphatic rings. The molecule has 2 N–H and O–H groups in total. The Morgan fingerprint density at radius 3 is 2.53 bits per heavy atom. The number of fused-ring (bicyclic) bond motifs is 2. The molecule has 2 atom stereocenters. The zero-order valence-electron chi connectivity index (χ0n) is 11.9. The number of ether oxygens (including phenoxy) is 1. The van der Waals surface area contributed by atoms with Crippen LogP contribution >= 0.6 is 0 Å². The summed E-state index contributed by atoms with van der Waals surface area (Å²) >= 11 is 0. The number of hydrogen-bond donors (Lipinski definition) is 2. The quantitative estimate of drug-likeness (QED) is 0.794. The maximum atomic E-state index is 11.0. The predicted molar refractivity (Wildman–Crippen MR) is 71.9 cm³/mol. The average molecular weight is 265 g/mol. The summed E-state index contributed by atoms with van der Waals surface area (Å²) in [6.45, 7) is 7.70. The van der Waals surface area contributed by atoms with Gasteiger partial charge in [0.25, 0.3) is 0 Å². The number of morpholine rings is 1. The van der Waals surface area contributed by atoms with Gasteiger partial charge in [-0.15, -0.1) is 0 Å². The third-order valence-corrected chi connectivity index (χ3v) is 4.08. The number of aliphatic hydroxyl groups is 1. The van der Waals surface area contributed by atoms with E-state index in [9.17, 15) is 5.11 Å². The minimum atomic E-state index is -0.770. The molecule has 3 heterocycles. The number of nitrogens with one attached hydrogen (secondary N) is 1. The molecule has 0 saturated carbocycles. The van der Waals surface area contributed by atoms with Crippen LogP contribution in [0.4, 0.5) is 0 Å². The monoisotopic (exact) mass is 265 g/mol. The van der Waals surface area contributed by atoms with Gasteiger partial charge in [0, 0.05) is 23.8 Å². The smallest absolute Gasteiger partial charge is 0.0958 e. The molecule has 2 fully saturated rings. The Morgan fingerprint density at radius 1 is 1.37 bits per heavy atom. The van der Waals surface area contributed by atoms with Gasteiger partial charge in [-0.3, -0.25) is 4.68 Å². The lowest BCUT2D eigenvalue weighted by molar-refractivity contribution is -0.0803. The number of piperidine rings is 1. The fraction of sp³-hybridized carbons (Fsp3) is 0.786. The molecule has 0 spiro atoms. The van der Waals surface area contributed by atoms with E-state index in [2.05, 4.69) is 31.2 Å². The summed E-state index contributed by atoms with van der Waals surface area (Å²) in [5, 5.41) is 18.9. The molecule has 1 aromatic rings. The minimum Gasteiger partial charge on any atom is -0.385 e. The molecular formula is C14H23N3O2. The van der Waals surface area contributed by atoms with E-state index in [-0.39, 0.29) is 17.6 Å². The maximum absolute atomic E-state index is 11.0. The largest absolute Gasteiger partial charge is 0.385 e. The molecule has 5 heteroatoms. The number of rotatable bonds is 1. The molecule has 106 valence electrons. The van der Waals surface area contributed by atoms with Crippen LogP contribution in [0, 0.1) is 0 Å². The summed E-state index contributed by atoms with van der Waals surface area (Å²) in [6, 6.07) is 0.492. The lowest BCUT2D eigenvalue weighted by Crippen LogP contribution is -2.58. The zero-order chi connectivity index (χ0) is 13.7. The van der Waals surface area contributed by atoms with Crippen LogP contribution in [-0.4, -0.2) is 40.2 Å². The van der Waals surface area contributed by atoms with Gasteiger partial charge in [0.05, 0.1) is 30.6 Å². The van der Waals surface area contributed by atoms with Gasteiger partial charge in [0.1, 0.15) is 0 Å². The van der Waals surface area contributed by atoms with Crippen LogP contribution in [0.5, 0.6) is 0 Å². The Labute approximate surface area is 113 Å². The van der Waals surface area contributed by atoms with Crippen molar-refractivity contribution < 1.29 is 9.84 Å². The van der Waals surface area contributed by atoms with Gasteiger partial charge in [0.2, 0.25) is 0 Å². The van der Waals surface area contributed by atoms with Crippen molar-refractivity contribution in [2.45, 2.75) is 56.8 Å². The molecule has 0 amide bonds. The second-order valence-electron chi connectivity index (χ2n) is 6.88. The standard InChI is InChI=1S/C14H23N3O2/c1-13(2,3)17-7-10(6-15-17)14(18)4-11-8-19-9-12(5-14)16-11/h6-7,11-12,16,18H,4-5,8-9H2,1-3H3. The summed E-state index contributed by atoms with van der Waals surface area (Å²) in [7, 11) is 0. The van der Waals surface area contributed by atoms with Crippen molar-refractivity contribution in [3.05, 3.63) is 18.0 Å². The van der Waals surface area contributed by atoms with Gasteiger partial charge < -0.3 is 15.2 Å². The fourth-order valence-electron chi connectivity index (χ4n) is 3.08. The van der Waals surface area contributed by atoms with E-state index < -0.39 is 5.60 Å². The van der Waals surface area contributed by atoms with Gasteiger partial charge in [-0.05, 0) is 33.6 Å². The molecule has 3 rings (SSSR count). The topological polar surface area (TPSA) is 59.3 Å². The van der Waals surface area contributed by atoms with Gasteiger partial charge in [-0.2, -0.15) is 5.10 Å².